The van der Waals surface area contributed by atoms with Gasteiger partial charge in [0.2, 0.25) is 11.8 Å². The lowest BCUT2D eigenvalue weighted by Crippen LogP contribution is -2.64. The number of carbonyl (C=O) groups excluding carboxylic acids is 2. The van der Waals surface area contributed by atoms with Gasteiger partial charge in [0.05, 0.1) is 0 Å². The Bertz CT molecular complexity index is 359. The van der Waals surface area contributed by atoms with E-state index in [9.17, 15) is 9.59 Å². The zero-order valence-corrected chi connectivity index (χ0v) is 13.9. The van der Waals surface area contributed by atoms with E-state index in [0.717, 1.165) is 30.9 Å². The van der Waals surface area contributed by atoms with Crippen LogP contribution in [0.1, 0.15) is 33.1 Å². The zero-order chi connectivity index (χ0) is 14.5. The summed E-state index contributed by atoms with van der Waals surface area (Å²) in [5.74, 6) is 3.59. The summed E-state index contributed by atoms with van der Waals surface area (Å²) in [5, 5.41) is 3.37. The maximum atomic E-state index is 12.6. The Kier molecular flexibility index (Phi) is 6.08. The second-order valence-electron chi connectivity index (χ2n) is 5.33. The van der Waals surface area contributed by atoms with Gasteiger partial charge in [-0.05, 0) is 12.8 Å². The van der Waals surface area contributed by atoms with E-state index in [0.29, 0.717) is 11.7 Å². The summed E-state index contributed by atoms with van der Waals surface area (Å²) in [6, 6.07) is -0.584. The van der Waals surface area contributed by atoms with Crippen molar-refractivity contribution >= 4 is 35.3 Å². The molecule has 20 heavy (non-hydrogen) atoms. The van der Waals surface area contributed by atoms with Crippen LogP contribution in [0.15, 0.2) is 0 Å². The number of carbonyl (C=O) groups is 2. The van der Waals surface area contributed by atoms with Crippen LogP contribution in [0.3, 0.4) is 0 Å². The third-order valence-corrected chi connectivity index (χ3v) is 6.65. The van der Waals surface area contributed by atoms with Gasteiger partial charge < -0.3 is 10.2 Å². The molecule has 2 heterocycles. The van der Waals surface area contributed by atoms with Crippen LogP contribution < -0.4 is 5.32 Å². The highest BCUT2D eigenvalue weighted by molar-refractivity contribution is 8.06. The van der Waals surface area contributed by atoms with E-state index in [2.05, 4.69) is 5.32 Å². The van der Waals surface area contributed by atoms with E-state index in [1.807, 2.05) is 42.3 Å². The van der Waals surface area contributed by atoms with Gasteiger partial charge >= 0.3 is 0 Å². The molecule has 2 rings (SSSR count). The normalized spacial score (nSPS) is 31.3. The number of hydrogen-bond donors (Lipinski definition) is 1. The minimum Gasteiger partial charge on any atom is -0.343 e. The summed E-state index contributed by atoms with van der Waals surface area (Å²) < 4.78 is 0. The monoisotopic (exact) mass is 316 g/mol. The first-order valence-corrected chi connectivity index (χ1v) is 9.67. The first-order valence-electron chi connectivity index (χ1n) is 7.47. The molecule has 2 aliphatic rings. The predicted octanol–water partition coefficient (Wildman–Crippen LogP) is 1.74. The molecule has 0 spiro atoms. The number of rotatable bonds is 5. The number of piperazine rings is 1. The molecule has 0 aromatic carbocycles. The van der Waals surface area contributed by atoms with Gasteiger partial charge in [-0.2, -0.15) is 23.5 Å². The van der Waals surface area contributed by atoms with E-state index in [1.165, 1.54) is 5.75 Å². The lowest BCUT2D eigenvalue weighted by atomic mass is 10.0. The minimum absolute atomic E-state index is 0.0269. The summed E-state index contributed by atoms with van der Waals surface area (Å²) in [5.41, 5.74) is 0. The van der Waals surface area contributed by atoms with Crippen molar-refractivity contribution in [3.05, 3.63) is 0 Å². The van der Waals surface area contributed by atoms with E-state index < -0.39 is 0 Å². The largest absolute Gasteiger partial charge is 0.343 e. The standard InChI is InChI=1S/C14H24N2O2S2/c1-3-5-11-14(18)16(12(4-2)13(17)15-11)8-10-9-19-6-7-20-10/h10-12H,3-9H2,1-2H3,(H,15,17). The molecular weight excluding hydrogens is 292 g/mol. The third-order valence-electron chi connectivity index (χ3n) is 3.83. The summed E-state index contributed by atoms with van der Waals surface area (Å²) in [7, 11) is 0. The number of nitrogens with zero attached hydrogens (tertiary/aromatic N) is 1. The van der Waals surface area contributed by atoms with E-state index >= 15 is 0 Å². The molecule has 0 radical (unpaired) electrons. The van der Waals surface area contributed by atoms with Gasteiger partial charge in [0, 0.05) is 29.1 Å². The Morgan fingerprint density at radius 1 is 1.30 bits per heavy atom. The van der Waals surface area contributed by atoms with Crippen molar-refractivity contribution < 1.29 is 9.59 Å². The van der Waals surface area contributed by atoms with Gasteiger partial charge in [0.15, 0.2) is 0 Å². The van der Waals surface area contributed by atoms with Gasteiger partial charge in [-0.15, -0.1) is 0 Å². The highest BCUT2D eigenvalue weighted by Crippen LogP contribution is 2.27. The molecule has 2 saturated heterocycles. The molecule has 2 fully saturated rings. The van der Waals surface area contributed by atoms with Crippen LogP contribution in [0, 0.1) is 0 Å². The van der Waals surface area contributed by atoms with Crippen molar-refractivity contribution in [2.75, 3.05) is 23.8 Å². The summed E-state index contributed by atoms with van der Waals surface area (Å²) in [6.07, 6.45) is 2.35. The Labute approximate surface area is 129 Å². The molecule has 2 aliphatic heterocycles. The fourth-order valence-corrected chi connectivity index (χ4v) is 5.46. The molecule has 2 amide bonds. The quantitative estimate of drug-likeness (QED) is 0.839. The molecule has 6 heteroatoms. The van der Waals surface area contributed by atoms with Crippen LogP contribution in [0.5, 0.6) is 0 Å². The van der Waals surface area contributed by atoms with E-state index in [-0.39, 0.29) is 23.9 Å². The average Bonchev–Trinajstić information content (AvgIpc) is 2.46. The second-order valence-corrected chi connectivity index (χ2v) is 7.89. The van der Waals surface area contributed by atoms with E-state index in [1.54, 1.807) is 0 Å². The van der Waals surface area contributed by atoms with Crippen LogP contribution in [0.25, 0.3) is 0 Å². The Hall–Kier alpha value is -0.360. The fourth-order valence-electron chi connectivity index (χ4n) is 2.79. The van der Waals surface area contributed by atoms with Crippen LogP contribution in [-0.2, 0) is 9.59 Å². The van der Waals surface area contributed by atoms with Crippen LogP contribution in [-0.4, -0.2) is 57.9 Å². The van der Waals surface area contributed by atoms with Crippen LogP contribution >= 0.6 is 23.5 Å². The van der Waals surface area contributed by atoms with Crippen molar-refractivity contribution in [1.82, 2.24) is 10.2 Å². The summed E-state index contributed by atoms with van der Waals surface area (Å²) >= 11 is 3.89. The predicted molar refractivity (Wildman–Crippen MR) is 86.2 cm³/mol. The molecule has 1 N–H and O–H groups in total. The van der Waals surface area contributed by atoms with E-state index in [4.69, 9.17) is 0 Å². The maximum Gasteiger partial charge on any atom is 0.245 e. The molecule has 0 aliphatic carbocycles. The van der Waals surface area contributed by atoms with Crippen LogP contribution in [0.4, 0.5) is 0 Å². The van der Waals surface area contributed by atoms with Gasteiger partial charge in [0.1, 0.15) is 12.1 Å². The van der Waals surface area contributed by atoms with Gasteiger partial charge in [0.25, 0.3) is 0 Å². The molecule has 3 unspecified atom stereocenters. The third kappa shape index (κ3) is 3.64. The molecular formula is C14H24N2O2S2. The molecule has 3 atom stereocenters. The van der Waals surface area contributed by atoms with Crippen LogP contribution in [0.2, 0.25) is 0 Å². The van der Waals surface area contributed by atoms with Crippen molar-refractivity contribution in [2.45, 2.75) is 50.4 Å². The minimum atomic E-state index is -0.309. The fraction of sp³-hybridized carbons (Fsp3) is 0.857. The molecule has 0 aromatic rings. The lowest BCUT2D eigenvalue weighted by molar-refractivity contribution is -0.149. The SMILES string of the molecule is CCCC1NC(=O)C(CC)N(CC2CSCCS2)C1=O. The molecule has 114 valence electrons. The van der Waals surface area contributed by atoms with Gasteiger partial charge in [-0.1, -0.05) is 20.3 Å². The number of thioether (sulfide) groups is 2. The average molecular weight is 316 g/mol. The number of amides is 2. The van der Waals surface area contributed by atoms with Crippen molar-refractivity contribution in [3.8, 4) is 0 Å². The smallest absolute Gasteiger partial charge is 0.245 e. The molecule has 0 saturated carbocycles. The van der Waals surface area contributed by atoms with Crippen molar-refractivity contribution in [1.29, 1.82) is 0 Å². The molecule has 0 bridgehead atoms. The topological polar surface area (TPSA) is 49.4 Å². The second kappa shape index (κ2) is 7.59. The Morgan fingerprint density at radius 2 is 2.10 bits per heavy atom. The highest BCUT2D eigenvalue weighted by Gasteiger charge is 2.40. The highest BCUT2D eigenvalue weighted by atomic mass is 32.2. The number of hydrogen-bond acceptors (Lipinski definition) is 4. The lowest BCUT2D eigenvalue weighted by Gasteiger charge is -2.40. The molecule has 0 aromatic heterocycles. The first kappa shape index (κ1) is 16.0. The zero-order valence-electron chi connectivity index (χ0n) is 12.3. The first-order chi connectivity index (χ1) is 9.67. The summed E-state index contributed by atoms with van der Waals surface area (Å²) in [4.78, 5) is 26.6. The van der Waals surface area contributed by atoms with Gasteiger partial charge in [-0.25, -0.2) is 0 Å². The van der Waals surface area contributed by atoms with Crippen molar-refractivity contribution in [3.63, 3.8) is 0 Å². The molecule has 4 nitrogen and oxygen atoms in total. The number of nitrogens with one attached hydrogen (secondary N) is 1. The van der Waals surface area contributed by atoms with Gasteiger partial charge in [-0.3, -0.25) is 9.59 Å². The Morgan fingerprint density at radius 3 is 2.70 bits per heavy atom. The van der Waals surface area contributed by atoms with Crippen molar-refractivity contribution in [2.24, 2.45) is 0 Å². The summed E-state index contributed by atoms with van der Waals surface area (Å²) in [6.45, 7) is 4.75. The maximum absolute atomic E-state index is 12.6. The Balaban J connectivity index is 2.06.